The second-order valence-electron chi connectivity index (χ2n) is 16.8. The molecule has 2 amide bonds. The predicted octanol–water partition coefficient (Wildman–Crippen LogP) is 8.13. The van der Waals surface area contributed by atoms with Gasteiger partial charge in [0.25, 0.3) is 0 Å². The van der Waals surface area contributed by atoms with Crippen molar-refractivity contribution >= 4 is 23.9 Å². The van der Waals surface area contributed by atoms with Crippen LogP contribution >= 0.6 is 0 Å². The summed E-state index contributed by atoms with van der Waals surface area (Å²) >= 11 is 0. The van der Waals surface area contributed by atoms with E-state index in [-0.39, 0.29) is 36.2 Å². The molecule has 0 aliphatic carbocycles. The normalized spacial score (nSPS) is 15.0. The van der Waals surface area contributed by atoms with Crippen LogP contribution in [0.2, 0.25) is 0 Å². The summed E-state index contributed by atoms with van der Waals surface area (Å²) in [4.78, 5) is 70.1. The Kier molecular flexibility index (Phi) is 16.5. The third kappa shape index (κ3) is 12.7. The Labute approximate surface area is 391 Å². The number of nitrogens with zero attached hydrogens (tertiary/aromatic N) is 6. The van der Waals surface area contributed by atoms with Crippen molar-refractivity contribution in [1.29, 1.82) is 0 Å². The number of hydrogen-bond acceptors (Lipinski definition) is 12. The zero-order valence-corrected chi connectivity index (χ0v) is 37.7. The molecule has 2 aliphatic heterocycles. The lowest BCUT2D eigenvalue weighted by molar-refractivity contribution is 0.0524. The summed E-state index contributed by atoms with van der Waals surface area (Å²) in [6.07, 6.45) is 9.63. The minimum Gasteiger partial charge on any atom is -0.462 e. The number of benzene rings is 4. The van der Waals surface area contributed by atoms with E-state index in [4.69, 9.17) is 19.3 Å². The summed E-state index contributed by atoms with van der Waals surface area (Å²) in [6.45, 7) is 4.35. The summed E-state index contributed by atoms with van der Waals surface area (Å²) in [6, 6.07) is 39.9. The van der Waals surface area contributed by atoms with Gasteiger partial charge in [-0.25, -0.2) is 34.3 Å². The van der Waals surface area contributed by atoms with E-state index in [9.17, 15) is 19.2 Å². The number of aliphatic hydroxyl groups is 1. The highest BCUT2D eigenvalue weighted by molar-refractivity contribution is 5.96. The van der Waals surface area contributed by atoms with E-state index in [0.717, 1.165) is 36.8 Å². The topological polar surface area (TPSA) is 174 Å². The van der Waals surface area contributed by atoms with E-state index < -0.39 is 18.4 Å². The van der Waals surface area contributed by atoms with Crippen molar-refractivity contribution in [1.82, 2.24) is 29.7 Å². The maximum atomic E-state index is 12.7. The van der Waals surface area contributed by atoms with Crippen LogP contribution in [-0.2, 0) is 51.1 Å². The second-order valence-corrected chi connectivity index (χ2v) is 16.8. The van der Waals surface area contributed by atoms with Gasteiger partial charge in [-0.05, 0) is 54.9 Å². The lowest BCUT2D eigenvalue weighted by atomic mass is 9.70. The van der Waals surface area contributed by atoms with Crippen molar-refractivity contribution < 1.29 is 38.5 Å². The Bertz CT molecular complexity index is 2500. The molecule has 0 saturated carbocycles. The molecule has 14 nitrogen and oxygen atoms in total. The van der Waals surface area contributed by atoms with Gasteiger partial charge in [-0.2, -0.15) is 0 Å². The number of likely N-dealkylation sites (tertiary alicyclic amines) is 2. The quantitative estimate of drug-likeness (QED) is 0.0633. The number of aliphatic hydroxyl groups excluding tert-OH is 1. The highest BCUT2D eigenvalue weighted by Crippen LogP contribution is 2.40. The zero-order chi connectivity index (χ0) is 46.9. The first kappa shape index (κ1) is 47.6. The second kappa shape index (κ2) is 23.2. The Morgan fingerprint density at radius 3 is 1.24 bits per heavy atom. The van der Waals surface area contributed by atoms with Crippen molar-refractivity contribution in [2.75, 3.05) is 39.4 Å². The summed E-state index contributed by atoms with van der Waals surface area (Å²) < 4.78 is 16.1. The molecule has 2 fully saturated rings. The highest BCUT2D eigenvalue weighted by Gasteiger charge is 2.40. The van der Waals surface area contributed by atoms with Crippen LogP contribution in [0.15, 0.2) is 146 Å². The van der Waals surface area contributed by atoms with Crippen LogP contribution in [0, 0.1) is 0 Å². The van der Waals surface area contributed by atoms with Gasteiger partial charge in [0.1, 0.15) is 31.5 Å². The molecule has 2 saturated heterocycles. The molecule has 4 heterocycles. The average molecular weight is 905 g/mol. The van der Waals surface area contributed by atoms with Crippen LogP contribution in [0.3, 0.4) is 0 Å². The average Bonchev–Trinajstić information content (AvgIpc) is 3.39. The third-order valence-electron chi connectivity index (χ3n) is 12.5. The maximum absolute atomic E-state index is 12.7. The number of carbonyl (C=O) groups is 4. The lowest BCUT2D eigenvalue weighted by Gasteiger charge is -2.41. The van der Waals surface area contributed by atoms with E-state index >= 15 is 0 Å². The number of ketones is 1. The van der Waals surface area contributed by atoms with Crippen LogP contribution in [0.4, 0.5) is 9.59 Å². The van der Waals surface area contributed by atoms with Crippen molar-refractivity contribution in [3.63, 3.8) is 0 Å². The molecular weight excluding hydrogens is 849 g/mol. The van der Waals surface area contributed by atoms with Gasteiger partial charge in [-0.15, -0.1) is 0 Å². The van der Waals surface area contributed by atoms with Crippen molar-refractivity contribution in [3.8, 4) is 0 Å². The number of carbonyl (C=O) groups excluding carboxylic acids is 4. The molecule has 346 valence electrons. The number of amides is 2. The number of esters is 1. The van der Waals surface area contributed by atoms with Crippen molar-refractivity contribution in [2.24, 2.45) is 0 Å². The Balaban J connectivity index is 0.000000199. The fourth-order valence-electron chi connectivity index (χ4n) is 8.63. The summed E-state index contributed by atoms with van der Waals surface area (Å²) in [5.74, 6) is 0.473. The van der Waals surface area contributed by atoms with E-state index in [0.29, 0.717) is 68.4 Å². The molecule has 4 aromatic carbocycles. The smallest absolute Gasteiger partial charge is 0.410 e. The zero-order valence-electron chi connectivity index (χ0n) is 37.7. The Hall–Kier alpha value is -7.32. The molecule has 0 radical (unpaired) electrons. The Morgan fingerprint density at radius 2 is 0.881 bits per heavy atom. The van der Waals surface area contributed by atoms with Crippen molar-refractivity contribution in [3.05, 3.63) is 191 Å². The van der Waals surface area contributed by atoms with E-state index in [2.05, 4.69) is 44.2 Å². The molecule has 14 heteroatoms. The van der Waals surface area contributed by atoms with Gasteiger partial charge < -0.3 is 29.1 Å². The number of hydrogen-bond donors (Lipinski definition) is 1. The van der Waals surface area contributed by atoms with Gasteiger partial charge in [-0.1, -0.05) is 121 Å². The predicted molar refractivity (Wildman–Crippen MR) is 250 cm³/mol. The molecule has 2 aromatic heterocycles. The molecule has 0 spiro atoms. The van der Waals surface area contributed by atoms with E-state index in [1.807, 2.05) is 97.1 Å². The molecule has 0 bridgehead atoms. The van der Waals surface area contributed by atoms with Gasteiger partial charge in [0.05, 0.1) is 17.7 Å². The first-order chi connectivity index (χ1) is 32.7. The van der Waals surface area contributed by atoms with Crippen LogP contribution in [-0.4, -0.2) is 98.2 Å². The number of rotatable bonds is 14. The standard InChI is InChI=1S/C27H29N3O4.C26H27N3O4/c1-2-33-25(31)22-18-28-24(29-19-22)17-27(23-11-7-4-8-12-23)13-15-30(16-14-27)26(32)34-20-21-9-5-3-6-10-21;30-18-23(31)21-16-27-24(28-17-21)15-26(22-9-5-2-6-10-22)11-13-29(14-12-26)25(32)33-19-20-7-3-1-4-8-20/h3-12,18-19H,2,13-17,20H2,1H3;1-10,16-17,30H,11-15,18-19H2. The Morgan fingerprint density at radius 1 is 0.522 bits per heavy atom. The van der Waals surface area contributed by atoms with Crippen LogP contribution in [0.1, 0.15) is 87.2 Å². The van der Waals surface area contributed by atoms with Gasteiger partial charge in [0.15, 0.2) is 5.78 Å². The van der Waals surface area contributed by atoms with Gasteiger partial charge >= 0.3 is 18.2 Å². The number of ether oxygens (including phenoxy) is 3. The number of piperidine rings is 2. The van der Waals surface area contributed by atoms with Crippen LogP contribution in [0.5, 0.6) is 0 Å². The molecular formula is C53H56N6O8. The fraction of sp³-hybridized carbons (Fsp3) is 0.321. The SMILES string of the molecule is CCOC(=O)c1cnc(CC2(c3ccccc3)CCN(C(=O)OCc3ccccc3)CC2)nc1.O=C(CO)c1cnc(CC2(c3ccccc3)CCN(C(=O)OCc3ccccc3)CC2)nc1. The van der Waals surface area contributed by atoms with Gasteiger partial charge in [0, 0.05) is 74.6 Å². The molecule has 67 heavy (non-hydrogen) atoms. The van der Waals surface area contributed by atoms with Crippen LogP contribution < -0.4 is 0 Å². The molecule has 0 unspecified atom stereocenters. The minimum absolute atomic E-state index is 0.205. The molecule has 8 rings (SSSR count). The number of Topliss-reactive ketones (excluding diaryl/α,β-unsaturated/α-hetero) is 1. The van der Waals surface area contributed by atoms with Crippen molar-refractivity contribution in [2.45, 2.75) is 69.5 Å². The van der Waals surface area contributed by atoms with Gasteiger partial charge in [0.2, 0.25) is 0 Å². The van der Waals surface area contributed by atoms with E-state index in [1.165, 1.54) is 35.9 Å². The fourth-order valence-corrected chi connectivity index (χ4v) is 8.63. The van der Waals surface area contributed by atoms with Crippen LogP contribution in [0.25, 0.3) is 0 Å². The number of aromatic nitrogens is 4. The first-order valence-corrected chi connectivity index (χ1v) is 22.6. The largest absolute Gasteiger partial charge is 0.462 e. The monoisotopic (exact) mass is 904 g/mol. The molecule has 1 N–H and O–H groups in total. The molecule has 0 atom stereocenters. The summed E-state index contributed by atoms with van der Waals surface area (Å²) in [5.41, 5.74) is 4.52. The minimum atomic E-state index is -0.563. The summed E-state index contributed by atoms with van der Waals surface area (Å²) in [7, 11) is 0. The lowest BCUT2D eigenvalue weighted by Crippen LogP contribution is -2.46. The third-order valence-corrected chi connectivity index (χ3v) is 12.5. The maximum Gasteiger partial charge on any atom is 0.410 e. The first-order valence-electron chi connectivity index (χ1n) is 22.6. The van der Waals surface area contributed by atoms with E-state index in [1.54, 1.807) is 16.7 Å². The molecule has 2 aliphatic rings. The van der Waals surface area contributed by atoms with Gasteiger partial charge in [-0.3, -0.25) is 4.79 Å². The molecule has 6 aromatic rings. The summed E-state index contributed by atoms with van der Waals surface area (Å²) in [5, 5.41) is 9.03. The highest BCUT2D eigenvalue weighted by atomic mass is 16.6.